The maximum atomic E-state index is 6.39. The van der Waals surface area contributed by atoms with E-state index in [0.717, 1.165) is 11.1 Å². The maximum Gasteiger partial charge on any atom is 0.289 e. The molecule has 0 radical (unpaired) electrons. The van der Waals surface area contributed by atoms with E-state index < -0.39 is 6.64 Å². The van der Waals surface area contributed by atoms with Gasteiger partial charge in [0.25, 0.3) is 6.64 Å². The number of hydrogen-bond acceptors (Lipinski definition) is 5. The molecule has 1 aromatic carbocycles. The molecule has 1 aliphatic heterocycles. The lowest BCUT2D eigenvalue weighted by Crippen LogP contribution is -2.40. The Labute approximate surface area is 175 Å². The third-order valence-corrected chi connectivity index (χ3v) is 7.21. The summed E-state index contributed by atoms with van der Waals surface area (Å²) in [5.74, 6) is 0. The molecule has 1 aromatic heterocycles. The van der Waals surface area contributed by atoms with Crippen molar-refractivity contribution < 1.29 is 9.05 Å². The van der Waals surface area contributed by atoms with Crippen LogP contribution < -0.4 is 10.4 Å². The van der Waals surface area contributed by atoms with Crippen molar-refractivity contribution in [3.63, 3.8) is 0 Å². The fourth-order valence-electron chi connectivity index (χ4n) is 2.71. The van der Waals surface area contributed by atoms with Crippen LogP contribution in [0.3, 0.4) is 0 Å². The number of nitrogens with one attached hydrogen (secondary N) is 2. The summed E-state index contributed by atoms with van der Waals surface area (Å²) in [7, 11) is 0. The molecule has 1 fully saturated rings. The molecule has 0 aliphatic carbocycles. The van der Waals surface area contributed by atoms with E-state index in [0.29, 0.717) is 23.3 Å². The molecule has 0 amide bonds. The van der Waals surface area contributed by atoms with Gasteiger partial charge in [0.15, 0.2) is 5.11 Å². The number of halogens is 1. The highest BCUT2D eigenvalue weighted by atomic mass is 35.5. The monoisotopic (exact) mass is 441 g/mol. The zero-order chi connectivity index (χ0) is 19.5. The predicted molar refractivity (Wildman–Crippen MR) is 116 cm³/mol. The lowest BCUT2D eigenvalue weighted by molar-refractivity contribution is -0.0136. The molecule has 2 N–H and O–H groups in total. The molecule has 27 heavy (non-hydrogen) atoms. The van der Waals surface area contributed by atoms with E-state index in [1.807, 2.05) is 36.4 Å². The molecule has 0 spiro atoms. The highest BCUT2D eigenvalue weighted by Crippen LogP contribution is 2.59. The Morgan fingerprint density at radius 1 is 1.33 bits per heavy atom. The van der Waals surface area contributed by atoms with Gasteiger partial charge >= 0.3 is 0 Å². The summed E-state index contributed by atoms with van der Waals surface area (Å²) in [5, 5.41) is 7.21. The molecule has 2 atom stereocenters. The molecule has 1 aliphatic rings. The van der Waals surface area contributed by atoms with Gasteiger partial charge in [0.1, 0.15) is 6.10 Å². The van der Waals surface area contributed by atoms with Crippen LogP contribution in [0.5, 0.6) is 0 Å². The van der Waals surface area contributed by atoms with Crippen molar-refractivity contribution in [2.75, 3.05) is 6.61 Å². The number of pyridine rings is 1. The smallest absolute Gasteiger partial charge is 0.289 e. The van der Waals surface area contributed by atoms with Crippen LogP contribution in [0, 0.1) is 5.41 Å². The Morgan fingerprint density at radius 3 is 2.81 bits per heavy atom. The van der Waals surface area contributed by atoms with E-state index in [2.05, 4.69) is 29.2 Å². The number of hydrogen-bond donors (Lipinski definition) is 2. The Hall–Kier alpha value is -1.08. The first-order valence-corrected chi connectivity index (χ1v) is 11.8. The molecule has 5 nitrogen and oxygen atoms in total. The molecule has 144 valence electrons. The van der Waals surface area contributed by atoms with Gasteiger partial charge in [-0.1, -0.05) is 49.7 Å². The van der Waals surface area contributed by atoms with Crippen LogP contribution in [0.4, 0.5) is 0 Å². The van der Waals surface area contributed by atoms with E-state index in [9.17, 15) is 0 Å². The number of aromatic nitrogens is 1. The van der Waals surface area contributed by atoms with Gasteiger partial charge in [-0.2, -0.15) is 0 Å². The zero-order valence-corrected chi connectivity index (χ0v) is 18.3. The van der Waals surface area contributed by atoms with Gasteiger partial charge in [0, 0.05) is 34.9 Å². The maximum absolute atomic E-state index is 6.39. The summed E-state index contributed by atoms with van der Waals surface area (Å²) in [6.07, 6.45) is 3.21. The summed E-state index contributed by atoms with van der Waals surface area (Å²) >= 11 is 17.4. The second-order valence-corrected chi connectivity index (χ2v) is 10.9. The van der Waals surface area contributed by atoms with Crippen LogP contribution in [-0.4, -0.2) is 16.7 Å². The molecule has 3 rings (SSSR count). The second kappa shape index (κ2) is 8.52. The largest absolute Gasteiger partial charge is 0.358 e. The number of benzene rings is 1. The molecule has 2 heterocycles. The summed E-state index contributed by atoms with van der Waals surface area (Å²) < 4.78 is 12.2. The Balaban J connectivity index is 1.69. The van der Waals surface area contributed by atoms with Gasteiger partial charge in [0.05, 0.1) is 6.61 Å². The van der Waals surface area contributed by atoms with Crippen molar-refractivity contribution in [3.05, 3.63) is 64.9 Å². The van der Waals surface area contributed by atoms with Crippen molar-refractivity contribution in [1.29, 1.82) is 0 Å². The minimum absolute atomic E-state index is 0.278. The molecule has 2 aromatic rings. The van der Waals surface area contributed by atoms with Crippen LogP contribution >= 0.6 is 30.5 Å². The van der Waals surface area contributed by atoms with Crippen molar-refractivity contribution in [1.82, 2.24) is 15.4 Å². The summed E-state index contributed by atoms with van der Waals surface area (Å²) in [4.78, 5) is 4.08. The van der Waals surface area contributed by atoms with Crippen molar-refractivity contribution >= 4 is 47.4 Å². The standard InChI is InChI=1S/C18H21ClN3O2PS2/c1-18(2)12-23-25(27,24-16(18)14-7-3-4-8-15(14)19)22-17(26)21-11-13-6-5-9-20-10-13/h3-10,16H,11-12H2,1-2H3,(H2,21,22,26,27)/t16-,25+/m0/s1. The Morgan fingerprint density at radius 2 is 2.11 bits per heavy atom. The molecule has 0 saturated carbocycles. The van der Waals surface area contributed by atoms with Gasteiger partial charge in [-0.15, -0.1) is 0 Å². The van der Waals surface area contributed by atoms with Crippen LogP contribution in [-0.2, 0) is 27.4 Å². The topological polar surface area (TPSA) is 55.4 Å². The number of thiocarbonyl (C=S) groups is 1. The van der Waals surface area contributed by atoms with Gasteiger partial charge in [-0.3, -0.25) is 10.1 Å². The number of rotatable bonds is 4. The lowest BCUT2D eigenvalue weighted by Gasteiger charge is -2.43. The fourth-order valence-corrected chi connectivity index (χ4v) is 5.93. The quantitative estimate of drug-likeness (QED) is 0.525. The Bertz CT molecular complexity index is 867. The van der Waals surface area contributed by atoms with Crippen LogP contribution in [0.1, 0.15) is 31.1 Å². The van der Waals surface area contributed by atoms with E-state index in [4.69, 9.17) is 44.7 Å². The first-order chi connectivity index (χ1) is 12.8. The zero-order valence-electron chi connectivity index (χ0n) is 15.0. The average molecular weight is 442 g/mol. The molecule has 9 heteroatoms. The third kappa shape index (κ3) is 5.25. The van der Waals surface area contributed by atoms with Gasteiger partial charge in [0.2, 0.25) is 0 Å². The van der Waals surface area contributed by atoms with Crippen LogP contribution in [0.15, 0.2) is 48.8 Å². The van der Waals surface area contributed by atoms with E-state index in [-0.39, 0.29) is 11.5 Å². The van der Waals surface area contributed by atoms with Crippen molar-refractivity contribution in [3.8, 4) is 0 Å². The van der Waals surface area contributed by atoms with Gasteiger partial charge < -0.3 is 14.4 Å². The molecule has 0 unspecified atom stereocenters. The molecular weight excluding hydrogens is 421 g/mol. The van der Waals surface area contributed by atoms with E-state index in [1.54, 1.807) is 12.4 Å². The fraction of sp³-hybridized carbons (Fsp3) is 0.333. The normalized spacial score (nSPS) is 24.2. The first kappa shape index (κ1) is 20.6. The highest BCUT2D eigenvalue weighted by molar-refractivity contribution is 8.09. The average Bonchev–Trinajstić information content (AvgIpc) is 2.64. The third-order valence-electron chi connectivity index (χ3n) is 4.16. The Kier molecular flexibility index (Phi) is 6.51. The minimum atomic E-state index is -2.81. The number of nitrogens with zero attached hydrogens (tertiary/aromatic N) is 1. The van der Waals surface area contributed by atoms with Gasteiger partial charge in [-0.25, -0.2) is 0 Å². The first-order valence-electron chi connectivity index (χ1n) is 8.41. The van der Waals surface area contributed by atoms with E-state index in [1.165, 1.54) is 0 Å². The van der Waals surface area contributed by atoms with E-state index >= 15 is 0 Å². The summed E-state index contributed by atoms with van der Waals surface area (Å²) in [5.41, 5.74) is 1.64. The van der Waals surface area contributed by atoms with Crippen LogP contribution in [0.25, 0.3) is 0 Å². The van der Waals surface area contributed by atoms with Gasteiger partial charge in [-0.05, 0) is 41.7 Å². The van der Waals surface area contributed by atoms with Crippen LogP contribution in [0.2, 0.25) is 5.02 Å². The second-order valence-electron chi connectivity index (χ2n) is 6.92. The summed E-state index contributed by atoms with van der Waals surface area (Å²) in [6, 6.07) is 11.5. The predicted octanol–water partition coefficient (Wildman–Crippen LogP) is 4.74. The molecular formula is C18H21ClN3O2PS2. The SMILES string of the molecule is CC1(C)CO[P@](=S)(NC(=S)NCc2cccnc2)O[C@H]1c1ccccc1Cl. The van der Waals surface area contributed by atoms with Crippen molar-refractivity contribution in [2.24, 2.45) is 5.41 Å². The molecule has 1 saturated heterocycles. The lowest BCUT2D eigenvalue weighted by atomic mass is 9.83. The minimum Gasteiger partial charge on any atom is -0.358 e. The highest BCUT2D eigenvalue weighted by Gasteiger charge is 2.43. The molecule has 0 bridgehead atoms. The van der Waals surface area contributed by atoms with Crippen molar-refractivity contribution in [2.45, 2.75) is 26.5 Å². The summed E-state index contributed by atoms with van der Waals surface area (Å²) in [6.45, 7) is 2.31.